The van der Waals surface area contributed by atoms with Crippen molar-refractivity contribution in [1.82, 2.24) is 10.4 Å². The largest absolute Gasteiger partial charge is 0.443 e. The van der Waals surface area contributed by atoms with Crippen LogP contribution in [0.3, 0.4) is 0 Å². The zero-order valence-corrected chi connectivity index (χ0v) is 24.6. The van der Waals surface area contributed by atoms with Gasteiger partial charge in [0.25, 0.3) is 0 Å². The summed E-state index contributed by atoms with van der Waals surface area (Å²) in [6, 6.07) is 10.1. The smallest absolute Gasteiger partial charge is 0.429 e. The number of rotatable bonds is 3. The molecule has 0 saturated carbocycles. The molecule has 8 nitrogen and oxygen atoms in total. The number of halogens is 4. The number of hydrogen-bond donors (Lipinski definition) is 2. The van der Waals surface area contributed by atoms with Gasteiger partial charge in [-0.2, -0.15) is 0 Å². The molecule has 1 fully saturated rings. The molecular formula is C25H32Cl4N4O4. The highest BCUT2D eigenvalue weighted by molar-refractivity contribution is 6.37. The molecule has 2 N–H and O–H groups in total. The first-order chi connectivity index (χ1) is 17.1. The van der Waals surface area contributed by atoms with Gasteiger partial charge in [0.2, 0.25) is 0 Å². The van der Waals surface area contributed by atoms with E-state index in [1.165, 1.54) is 0 Å². The molecule has 0 bridgehead atoms. The second-order valence-electron chi connectivity index (χ2n) is 10.1. The van der Waals surface area contributed by atoms with Crippen molar-refractivity contribution in [3.8, 4) is 0 Å². The number of anilines is 2. The van der Waals surface area contributed by atoms with Crippen LogP contribution in [0.5, 0.6) is 0 Å². The molecule has 2 aromatic carbocycles. The van der Waals surface area contributed by atoms with E-state index in [4.69, 9.17) is 55.9 Å². The van der Waals surface area contributed by atoms with Gasteiger partial charge < -0.3 is 9.47 Å². The Labute approximate surface area is 238 Å². The minimum Gasteiger partial charge on any atom is -0.443 e. The fraction of sp³-hybridized carbons (Fsp3) is 0.440. The molecule has 1 heterocycles. The summed E-state index contributed by atoms with van der Waals surface area (Å²) < 4.78 is 10.5. The van der Waals surface area contributed by atoms with Crippen LogP contribution in [-0.4, -0.2) is 41.5 Å². The van der Waals surface area contributed by atoms with Crippen LogP contribution in [0.4, 0.5) is 21.0 Å². The quantitative estimate of drug-likeness (QED) is 0.349. The fourth-order valence-electron chi connectivity index (χ4n) is 3.07. The molecule has 0 unspecified atom stereocenters. The monoisotopic (exact) mass is 592 g/mol. The Morgan fingerprint density at radius 3 is 1.92 bits per heavy atom. The molecule has 204 valence electrons. The van der Waals surface area contributed by atoms with Gasteiger partial charge in [0, 0.05) is 23.1 Å². The Morgan fingerprint density at radius 2 is 1.38 bits per heavy atom. The number of nitrogens with one attached hydrogen (secondary N) is 2. The molecule has 1 aliphatic heterocycles. The van der Waals surface area contributed by atoms with E-state index >= 15 is 0 Å². The van der Waals surface area contributed by atoms with Crippen LogP contribution < -0.4 is 15.9 Å². The van der Waals surface area contributed by atoms with Gasteiger partial charge in [0.1, 0.15) is 11.2 Å². The summed E-state index contributed by atoms with van der Waals surface area (Å²) in [6.45, 7) is 12.2. The fourth-order valence-corrected chi connectivity index (χ4v) is 4.03. The number of nitrogens with zero attached hydrogens (tertiary/aromatic N) is 2. The highest BCUT2D eigenvalue weighted by Crippen LogP contribution is 2.32. The standard InChI is InChI=1S/C14H18Cl2N2O2.C11H14Cl2N2O2/c1-14(2,3)20-13(19)18-8-4-7-17(18)12-6-5-10(15)9-11(12)16;1-11(2,3)17-10(16)15-14-9-5-4-7(12)6-8(9)13/h5-6,9H,4,7-8H2,1-3H3;4-6,14H,1-3H3,(H,15,16). The number of hydrazine groups is 2. The summed E-state index contributed by atoms with van der Waals surface area (Å²) >= 11 is 23.8. The summed E-state index contributed by atoms with van der Waals surface area (Å²) in [5.41, 5.74) is 5.27. The molecule has 1 saturated heterocycles. The third-order valence-electron chi connectivity index (χ3n) is 4.45. The number of ether oxygens (including phenoxy) is 2. The predicted molar refractivity (Wildman–Crippen MR) is 151 cm³/mol. The van der Waals surface area contributed by atoms with Crippen LogP contribution in [0.25, 0.3) is 0 Å². The van der Waals surface area contributed by atoms with Gasteiger partial charge >= 0.3 is 12.2 Å². The van der Waals surface area contributed by atoms with E-state index in [-0.39, 0.29) is 6.09 Å². The summed E-state index contributed by atoms with van der Waals surface area (Å²) in [7, 11) is 0. The molecule has 37 heavy (non-hydrogen) atoms. The van der Waals surface area contributed by atoms with E-state index in [0.29, 0.717) is 32.3 Å². The number of amides is 2. The Balaban J connectivity index is 0.000000264. The topological polar surface area (TPSA) is 83.1 Å². The van der Waals surface area contributed by atoms with Crippen LogP contribution in [-0.2, 0) is 9.47 Å². The lowest BCUT2D eigenvalue weighted by atomic mass is 10.2. The third kappa shape index (κ3) is 10.6. The molecular weight excluding hydrogens is 562 g/mol. The minimum atomic E-state index is -0.580. The molecule has 2 amide bonds. The van der Waals surface area contributed by atoms with E-state index in [0.717, 1.165) is 18.7 Å². The number of carbonyl (C=O) groups is 2. The summed E-state index contributed by atoms with van der Waals surface area (Å²) in [4.78, 5) is 23.6. The van der Waals surface area contributed by atoms with E-state index in [9.17, 15) is 9.59 Å². The Hall–Kier alpha value is -2.26. The maximum Gasteiger partial charge on any atom is 0.429 e. The lowest BCUT2D eigenvalue weighted by Crippen LogP contribution is -2.44. The van der Waals surface area contributed by atoms with E-state index in [2.05, 4.69) is 10.9 Å². The molecule has 2 aromatic rings. The van der Waals surface area contributed by atoms with Crippen molar-refractivity contribution in [2.75, 3.05) is 23.5 Å². The van der Waals surface area contributed by atoms with Gasteiger partial charge in [-0.15, -0.1) is 0 Å². The lowest BCUT2D eigenvalue weighted by molar-refractivity contribution is 0.0273. The molecule has 0 radical (unpaired) electrons. The van der Waals surface area contributed by atoms with Crippen molar-refractivity contribution < 1.29 is 19.1 Å². The van der Waals surface area contributed by atoms with Gasteiger partial charge in [-0.25, -0.2) is 20.0 Å². The van der Waals surface area contributed by atoms with Gasteiger partial charge in [0.05, 0.1) is 21.4 Å². The van der Waals surface area contributed by atoms with Gasteiger partial charge in [-0.1, -0.05) is 46.4 Å². The van der Waals surface area contributed by atoms with Crippen LogP contribution in [0, 0.1) is 0 Å². The summed E-state index contributed by atoms with van der Waals surface area (Å²) in [6.07, 6.45) is -0.0670. The zero-order valence-electron chi connectivity index (χ0n) is 21.6. The first-order valence-corrected chi connectivity index (χ1v) is 13.0. The zero-order chi connectivity index (χ0) is 28.0. The van der Waals surface area contributed by atoms with E-state index in [1.807, 2.05) is 31.8 Å². The minimum absolute atomic E-state index is 0.360. The van der Waals surface area contributed by atoms with E-state index < -0.39 is 17.3 Å². The first kappa shape index (κ1) is 31.0. The molecule has 0 atom stereocenters. The van der Waals surface area contributed by atoms with Gasteiger partial charge in [0.15, 0.2) is 0 Å². The number of carbonyl (C=O) groups excluding carboxylic acids is 2. The molecule has 3 rings (SSSR count). The Morgan fingerprint density at radius 1 is 0.811 bits per heavy atom. The van der Waals surface area contributed by atoms with Crippen molar-refractivity contribution in [3.63, 3.8) is 0 Å². The van der Waals surface area contributed by atoms with Crippen molar-refractivity contribution in [2.24, 2.45) is 0 Å². The molecule has 0 spiro atoms. The van der Waals surface area contributed by atoms with Crippen molar-refractivity contribution in [3.05, 3.63) is 56.5 Å². The lowest BCUT2D eigenvalue weighted by Gasteiger charge is -2.32. The van der Waals surface area contributed by atoms with Gasteiger partial charge in [-0.3, -0.25) is 10.4 Å². The maximum absolute atomic E-state index is 12.2. The molecule has 1 aliphatic rings. The van der Waals surface area contributed by atoms with Crippen molar-refractivity contribution in [1.29, 1.82) is 0 Å². The average Bonchev–Trinajstić information content (AvgIpc) is 3.21. The SMILES string of the molecule is CC(C)(C)OC(=O)N1CCCN1c1ccc(Cl)cc1Cl.CC(C)(C)OC(=O)NNc1ccc(Cl)cc1Cl. The van der Waals surface area contributed by atoms with Crippen LogP contribution >= 0.6 is 46.4 Å². The second kappa shape index (κ2) is 13.0. The second-order valence-corrected chi connectivity index (χ2v) is 11.7. The highest BCUT2D eigenvalue weighted by Gasteiger charge is 2.31. The average molecular weight is 594 g/mol. The number of hydrogen-bond acceptors (Lipinski definition) is 6. The third-order valence-corrected chi connectivity index (χ3v) is 5.54. The normalized spacial score (nSPS) is 13.5. The maximum atomic E-state index is 12.2. The molecule has 0 aliphatic carbocycles. The van der Waals surface area contributed by atoms with Crippen LogP contribution in [0.15, 0.2) is 36.4 Å². The highest BCUT2D eigenvalue weighted by atomic mass is 35.5. The Kier molecular flexibility index (Phi) is 10.9. The van der Waals surface area contributed by atoms with Gasteiger partial charge in [-0.05, 0) is 84.4 Å². The number of benzene rings is 2. The van der Waals surface area contributed by atoms with Crippen LogP contribution in [0.2, 0.25) is 20.1 Å². The van der Waals surface area contributed by atoms with Crippen LogP contribution in [0.1, 0.15) is 48.0 Å². The van der Waals surface area contributed by atoms with Crippen molar-refractivity contribution in [2.45, 2.75) is 59.2 Å². The predicted octanol–water partition coefficient (Wildman–Crippen LogP) is 8.20. The summed E-state index contributed by atoms with van der Waals surface area (Å²) in [5.74, 6) is 0. The summed E-state index contributed by atoms with van der Waals surface area (Å²) in [5, 5.41) is 5.45. The molecule has 0 aromatic heterocycles. The van der Waals surface area contributed by atoms with Crippen molar-refractivity contribution >= 4 is 70.0 Å². The molecule has 12 heteroatoms. The van der Waals surface area contributed by atoms with E-state index in [1.54, 1.807) is 56.1 Å². The Bertz CT molecular complexity index is 1100. The first-order valence-electron chi connectivity index (χ1n) is 11.5.